The van der Waals surface area contributed by atoms with Gasteiger partial charge in [0.2, 0.25) is 17.7 Å². The van der Waals surface area contributed by atoms with Crippen molar-refractivity contribution in [2.45, 2.75) is 27.3 Å². The molecule has 0 aliphatic heterocycles. The third-order valence-corrected chi connectivity index (χ3v) is 9.52. The Morgan fingerprint density at radius 1 is 0.500 bits per heavy atom. The molecular formula is C25H27N3O3Si. The summed E-state index contributed by atoms with van der Waals surface area (Å²) in [6.45, 7) is 6.24. The molecule has 0 heterocycles. The van der Waals surface area contributed by atoms with E-state index in [2.05, 4.69) is 0 Å². The van der Waals surface area contributed by atoms with Crippen LogP contribution in [0.1, 0.15) is 20.8 Å². The second kappa shape index (κ2) is 9.61. The molecule has 3 aromatic rings. The molecular weight excluding hydrogens is 418 g/mol. The first-order valence-corrected chi connectivity index (χ1v) is 12.7. The van der Waals surface area contributed by atoms with Gasteiger partial charge in [-0.3, -0.25) is 14.4 Å². The number of carbonyl (C=O) groups is 3. The van der Waals surface area contributed by atoms with Crippen molar-refractivity contribution >= 4 is 43.3 Å². The minimum atomic E-state index is -3.60. The second-order valence-electron chi connectivity index (χ2n) is 7.54. The predicted octanol–water partition coefficient (Wildman–Crippen LogP) is 4.71. The van der Waals surface area contributed by atoms with Crippen molar-refractivity contribution in [3.63, 3.8) is 0 Å². The first kappa shape index (κ1) is 23.0. The zero-order chi connectivity index (χ0) is 23.3. The van der Waals surface area contributed by atoms with E-state index in [0.717, 1.165) is 0 Å². The number of para-hydroxylation sites is 3. The lowest BCUT2D eigenvalue weighted by atomic mass is 10.3. The summed E-state index contributed by atoms with van der Waals surface area (Å²) in [7, 11) is -3.60. The number of benzene rings is 3. The van der Waals surface area contributed by atoms with Crippen molar-refractivity contribution < 1.29 is 14.4 Å². The summed E-state index contributed by atoms with van der Waals surface area (Å²) in [5.74, 6) is -0.765. The molecule has 0 saturated heterocycles. The SMILES string of the molecule is CC(=O)N(c1ccccc1)[Si](C)(N(C(C)=O)c1ccccc1)N(C(C)=O)c1ccccc1. The summed E-state index contributed by atoms with van der Waals surface area (Å²) in [5.41, 5.74) is 1.87. The topological polar surface area (TPSA) is 60.9 Å². The molecule has 0 saturated carbocycles. The Morgan fingerprint density at radius 3 is 0.906 bits per heavy atom. The number of rotatable bonds is 6. The highest BCUT2D eigenvalue weighted by molar-refractivity contribution is 6.96. The fourth-order valence-corrected chi connectivity index (χ4v) is 8.51. The van der Waals surface area contributed by atoms with E-state index in [4.69, 9.17) is 0 Å². The summed E-state index contributed by atoms with van der Waals surface area (Å²) in [4.78, 5) is 39.6. The molecule has 0 bridgehead atoms. The Bertz CT molecular complexity index is 952. The lowest BCUT2D eigenvalue weighted by molar-refractivity contribution is -0.115. The van der Waals surface area contributed by atoms with Gasteiger partial charge in [-0.15, -0.1) is 0 Å². The largest absolute Gasteiger partial charge is 0.397 e. The third kappa shape index (κ3) is 4.33. The van der Waals surface area contributed by atoms with Crippen LogP contribution in [0.25, 0.3) is 0 Å². The van der Waals surface area contributed by atoms with Crippen LogP contribution in [0, 0.1) is 0 Å². The van der Waals surface area contributed by atoms with E-state index in [1.54, 1.807) is 13.7 Å². The fraction of sp³-hybridized carbons (Fsp3) is 0.160. The van der Waals surface area contributed by atoms with Gasteiger partial charge in [0, 0.05) is 37.8 Å². The standard InChI is InChI=1S/C25H27N3O3Si/c1-20(29)26(23-14-8-5-9-15-23)32(4,27(21(2)30)24-16-10-6-11-17-24)28(22(3)31)25-18-12-7-13-19-25/h5-19H,1-4H3. The number of amides is 3. The molecule has 3 rings (SSSR count). The van der Waals surface area contributed by atoms with Gasteiger partial charge in [0.25, 0.3) is 0 Å². The Hall–Kier alpha value is -3.71. The van der Waals surface area contributed by atoms with Crippen LogP contribution in [0.15, 0.2) is 91.0 Å². The Kier molecular flexibility index (Phi) is 6.90. The lowest BCUT2D eigenvalue weighted by Gasteiger charge is -2.50. The molecule has 0 aliphatic carbocycles. The van der Waals surface area contributed by atoms with Gasteiger partial charge >= 0.3 is 8.56 Å². The highest BCUT2D eigenvalue weighted by Gasteiger charge is 2.54. The summed E-state index contributed by atoms with van der Waals surface area (Å²) >= 11 is 0. The first-order valence-electron chi connectivity index (χ1n) is 10.4. The molecule has 6 nitrogen and oxygen atoms in total. The minimum absolute atomic E-state index is 0.255. The van der Waals surface area contributed by atoms with E-state index in [0.29, 0.717) is 17.1 Å². The number of nitrogens with zero attached hydrogens (tertiary/aromatic N) is 3. The predicted molar refractivity (Wildman–Crippen MR) is 130 cm³/mol. The Balaban J connectivity index is 2.39. The van der Waals surface area contributed by atoms with Crippen LogP contribution in [0.5, 0.6) is 0 Å². The van der Waals surface area contributed by atoms with Crippen molar-refractivity contribution in [3.8, 4) is 0 Å². The number of anilines is 3. The second-order valence-corrected chi connectivity index (χ2v) is 10.8. The van der Waals surface area contributed by atoms with Gasteiger partial charge in [-0.25, -0.2) is 0 Å². The molecule has 0 radical (unpaired) electrons. The average molecular weight is 446 g/mol. The van der Waals surface area contributed by atoms with E-state index in [9.17, 15) is 14.4 Å². The van der Waals surface area contributed by atoms with E-state index >= 15 is 0 Å². The molecule has 3 aromatic carbocycles. The van der Waals surface area contributed by atoms with Crippen molar-refractivity contribution in [2.75, 3.05) is 13.7 Å². The van der Waals surface area contributed by atoms with Crippen LogP contribution in [-0.4, -0.2) is 26.3 Å². The van der Waals surface area contributed by atoms with Gasteiger partial charge in [0.05, 0.1) is 0 Å². The van der Waals surface area contributed by atoms with Gasteiger partial charge in [-0.2, -0.15) is 0 Å². The molecule has 164 valence electrons. The smallest absolute Gasteiger partial charge is 0.304 e. The van der Waals surface area contributed by atoms with Crippen LogP contribution < -0.4 is 13.7 Å². The fourth-order valence-electron chi connectivity index (χ4n) is 4.21. The zero-order valence-corrected chi connectivity index (χ0v) is 19.7. The average Bonchev–Trinajstić information content (AvgIpc) is 2.75. The quantitative estimate of drug-likeness (QED) is 0.516. The van der Waals surface area contributed by atoms with Gasteiger partial charge in [-0.1, -0.05) is 54.6 Å². The third-order valence-electron chi connectivity index (χ3n) is 5.26. The summed E-state index contributed by atoms with van der Waals surface area (Å²) in [6, 6.07) is 27.5. The molecule has 0 aliphatic rings. The van der Waals surface area contributed by atoms with Gasteiger partial charge < -0.3 is 13.7 Å². The number of hydrogen-bond acceptors (Lipinski definition) is 3. The molecule has 32 heavy (non-hydrogen) atoms. The highest BCUT2D eigenvalue weighted by atomic mass is 28.4. The Labute approximate surface area is 189 Å². The van der Waals surface area contributed by atoms with E-state index < -0.39 is 8.56 Å². The number of carbonyl (C=O) groups excluding carboxylic acids is 3. The van der Waals surface area contributed by atoms with Crippen molar-refractivity contribution in [1.29, 1.82) is 0 Å². The summed E-state index contributed by atoms with van der Waals surface area (Å²) in [5, 5.41) is 0. The van der Waals surface area contributed by atoms with Crippen LogP contribution in [0.3, 0.4) is 0 Å². The van der Waals surface area contributed by atoms with Crippen LogP contribution in [-0.2, 0) is 14.4 Å². The maximum absolute atomic E-state index is 13.2. The molecule has 0 unspecified atom stereocenters. The Morgan fingerprint density at radius 2 is 0.719 bits per heavy atom. The van der Waals surface area contributed by atoms with Crippen LogP contribution >= 0.6 is 0 Å². The van der Waals surface area contributed by atoms with Crippen LogP contribution in [0.2, 0.25) is 6.55 Å². The number of hydrogen-bond donors (Lipinski definition) is 0. The molecule has 7 heteroatoms. The normalized spacial score (nSPS) is 10.9. The maximum Gasteiger partial charge on any atom is 0.397 e. The van der Waals surface area contributed by atoms with E-state index in [1.165, 1.54) is 20.8 Å². The zero-order valence-electron chi connectivity index (χ0n) is 18.7. The van der Waals surface area contributed by atoms with Crippen molar-refractivity contribution in [2.24, 2.45) is 0 Å². The summed E-state index contributed by atoms with van der Waals surface area (Å²) < 4.78 is 4.86. The van der Waals surface area contributed by atoms with E-state index in [-0.39, 0.29) is 17.7 Å². The summed E-state index contributed by atoms with van der Waals surface area (Å²) in [6.07, 6.45) is 0. The highest BCUT2D eigenvalue weighted by Crippen LogP contribution is 2.34. The minimum Gasteiger partial charge on any atom is -0.304 e. The van der Waals surface area contributed by atoms with Crippen LogP contribution in [0.4, 0.5) is 17.1 Å². The molecule has 0 atom stereocenters. The monoisotopic (exact) mass is 445 g/mol. The molecule has 3 amide bonds. The van der Waals surface area contributed by atoms with Gasteiger partial charge in [0.1, 0.15) is 0 Å². The van der Waals surface area contributed by atoms with Crippen molar-refractivity contribution in [1.82, 2.24) is 0 Å². The molecule has 0 fully saturated rings. The maximum atomic E-state index is 13.2. The molecule has 0 aromatic heterocycles. The molecule has 0 N–H and O–H groups in total. The van der Waals surface area contributed by atoms with Gasteiger partial charge in [0.15, 0.2) is 0 Å². The first-order chi connectivity index (χ1) is 15.3. The molecule has 0 spiro atoms. The lowest BCUT2D eigenvalue weighted by Crippen LogP contribution is -2.77. The van der Waals surface area contributed by atoms with Crippen molar-refractivity contribution in [3.05, 3.63) is 91.0 Å². The van der Waals surface area contributed by atoms with E-state index in [1.807, 2.05) is 97.5 Å². The van der Waals surface area contributed by atoms with Gasteiger partial charge in [-0.05, 0) is 42.9 Å².